The van der Waals surface area contributed by atoms with Gasteiger partial charge in [-0.25, -0.2) is 9.97 Å². The molecule has 0 unspecified atom stereocenters. The first-order valence-corrected chi connectivity index (χ1v) is 10.8. The van der Waals surface area contributed by atoms with Gasteiger partial charge < -0.3 is 10.1 Å². The maximum Gasteiger partial charge on any atom is 0.224 e. The minimum Gasteiger partial charge on any atom is -0.456 e. The van der Waals surface area contributed by atoms with Crippen molar-refractivity contribution in [1.82, 2.24) is 9.97 Å². The lowest BCUT2D eigenvalue weighted by Gasteiger charge is -2.11. The number of hydrogen-bond acceptors (Lipinski definition) is 5. The summed E-state index contributed by atoms with van der Waals surface area (Å²) < 4.78 is 5.76. The van der Waals surface area contributed by atoms with Crippen molar-refractivity contribution in [2.24, 2.45) is 0 Å². The van der Waals surface area contributed by atoms with Gasteiger partial charge in [-0.1, -0.05) is 35.5 Å². The molecule has 0 saturated heterocycles. The van der Waals surface area contributed by atoms with Gasteiger partial charge in [-0.15, -0.1) is 0 Å². The Balaban J connectivity index is 1.57. The third kappa shape index (κ3) is 5.71. The maximum atomic E-state index is 12.3. The van der Waals surface area contributed by atoms with E-state index >= 15 is 0 Å². The number of nitrogens with zero attached hydrogens (tertiary/aromatic N) is 2. The largest absolute Gasteiger partial charge is 0.456 e. The van der Waals surface area contributed by atoms with Crippen molar-refractivity contribution < 1.29 is 9.53 Å². The van der Waals surface area contributed by atoms with Crippen molar-refractivity contribution in [3.05, 3.63) is 70.5 Å². The second-order valence-corrected chi connectivity index (χ2v) is 7.65. The van der Waals surface area contributed by atoms with Gasteiger partial charge >= 0.3 is 0 Å². The van der Waals surface area contributed by atoms with E-state index in [0.29, 0.717) is 35.1 Å². The monoisotopic (exact) mass is 427 g/mol. The number of ether oxygens (including phenoxy) is 1. The lowest BCUT2D eigenvalue weighted by atomic mass is 10.1. The van der Waals surface area contributed by atoms with Crippen LogP contribution in [0.3, 0.4) is 0 Å². The Kier molecular flexibility index (Phi) is 7.12. The van der Waals surface area contributed by atoms with Crippen molar-refractivity contribution in [2.75, 3.05) is 11.6 Å². The second-order valence-electron chi connectivity index (χ2n) is 6.46. The summed E-state index contributed by atoms with van der Waals surface area (Å²) in [5.41, 5.74) is 3.59. The molecule has 0 fully saturated rings. The van der Waals surface area contributed by atoms with Gasteiger partial charge in [0.2, 0.25) is 5.91 Å². The van der Waals surface area contributed by atoms with Crippen molar-refractivity contribution in [3.8, 4) is 11.5 Å². The number of aryl methyl sites for hydroxylation is 2. The van der Waals surface area contributed by atoms with Crippen molar-refractivity contribution in [1.29, 1.82) is 0 Å². The number of halogens is 1. The summed E-state index contributed by atoms with van der Waals surface area (Å²) in [4.78, 5) is 21.3. The van der Waals surface area contributed by atoms with Gasteiger partial charge in [0, 0.05) is 23.5 Å². The molecule has 0 saturated carbocycles. The SMILES string of the molecule is CSc1nc(C)c(CCC(=O)Nc2ccc(Oc3ccccc3Cl)cc2)c(C)n1. The van der Waals surface area contributed by atoms with Crippen molar-refractivity contribution >= 4 is 35.0 Å². The summed E-state index contributed by atoms with van der Waals surface area (Å²) >= 11 is 7.62. The predicted octanol–water partition coefficient (Wildman–Crippen LogP) is 5.83. The third-order valence-electron chi connectivity index (χ3n) is 4.39. The van der Waals surface area contributed by atoms with Crippen LogP contribution >= 0.6 is 23.4 Å². The second kappa shape index (κ2) is 9.76. The van der Waals surface area contributed by atoms with Gasteiger partial charge in [-0.3, -0.25) is 4.79 Å². The van der Waals surface area contributed by atoms with Crippen LogP contribution in [-0.2, 0) is 11.2 Å². The van der Waals surface area contributed by atoms with Gasteiger partial charge in [0.05, 0.1) is 5.02 Å². The first kappa shape index (κ1) is 21.1. The highest BCUT2D eigenvalue weighted by molar-refractivity contribution is 7.98. The Morgan fingerprint density at radius 2 is 1.72 bits per heavy atom. The molecule has 150 valence electrons. The molecule has 0 aliphatic heterocycles. The molecule has 0 radical (unpaired) electrons. The van der Waals surface area contributed by atoms with Crippen LogP contribution in [0.25, 0.3) is 0 Å². The van der Waals surface area contributed by atoms with Gasteiger partial charge in [0.1, 0.15) is 11.5 Å². The number of carbonyl (C=O) groups excluding carboxylic acids is 1. The summed E-state index contributed by atoms with van der Waals surface area (Å²) in [6, 6.07) is 14.5. The molecule has 1 amide bonds. The number of nitrogens with one attached hydrogen (secondary N) is 1. The fourth-order valence-electron chi connectivity index (χ4n) is 2.88. The van der Waals surface area contributed by atoms with E-state index in [-0.39, 0.29) is 5.91 Å². The highest BCUT2D eigenvalue weighted by Gasteiger charge is 2.11. The smallest absolute Gasteiger partial charge is 0.224 e. The molecule has 1 heterocycles. The van der Waals surface area contributed by atoms with E-state index in [2.05, 4.69) is 15.3 Å². The molecule has 5 nitrogen and oxygen atoms in total. The summed E-state index contributed by atoms with van der Waals surface area (Å²) in [6.45, 7) is 3.92. The fraction of sp³-hybridized carbons (Fsp3) is 0.227. The zero-order valence-corrected chi connectivity index (χ0v) is 18.1. The van der Waals surface area contributed by atoms with Crippen LogP contribution in [-0.4, -0.2) is 22.1 Å². The normalized spacial score (nSPS) is 10.6. The van der Waals surface area contributed by atoms with Crippen LogP contribution in [0.2, 0.25) is 5.02 Å². The van der Waals surface area contributed by atoms with Gasteiger partial charge in [-0.05, 0) is 68.5 Å². The molecule has 0 aliphatic carbocycles. The topological polar surface area (TPSA) is 64.1 Å². The van der Waals surface area contributed by atoms with Gasteiger partial charge in [-0.2, -0.15) is 0 Å². The van der Waals surface area contributed by atoms with Gasteiger partial charge in [0.15, 0.2) is 5.16 Å². The van der Waals surface area contributed by atoms with E-state index in [1.165, 1.54) is 11.8 Å². The summed E-state index contributed by atoms with van der Waals surface area (Å²) in [5.74, 6) is 1.18. The molecule has 0 atom stereocenters. The Bertz CT molecular complexity index is 986. The summed E-state index contributed by atoms with van der Waals surface area (Å²) in [6.07, 6.45) is 2.92. The molecule has 3 rings (SSSR count). The highest BCUT2D eigenvalue weighted by atomic mass is 35.5. The van der Waals surface area contributed by atoms with E-state index in [0.717, 1.165) is 22.1 Å². The quantitative estimate of drug-likeness (QED) is 0.379. The number of amides is 1. The minimum absolute atomic E-state index is 0.0579. The number of rotatable bonds is 7. The zero-order valence-electron chi connectivity index (χ0n) is 16.5. The molecule has 1 N–H and O–H groups in total. The Labute approximate surface area is 179 Å². The summed E-state index contributed by atoms with van der Waals surface area (Å²) in [7, 11) is 0. The zero-order chi connectivity index (χ0) is 20.8. The number of aromatic nitrogens is 2. The molecule has 3 aromatic rings. The molecular formula is C22H22ClN3O2S. The van der Waals surface area contributed by atoms with Crippen LogP contribution < -0.4 is 10.1 Å². The third-order valence-corrected chi connectivity index (χ3v) is 5.25. The molecule has 0 bridgehead atoms. The molecule has 0 spiro atoms. The van der Waals surface area contributed by atoms with E-state index in [4.69, 9.17) is 16.3 Å². The predicted molar refractivity (Wildman–Crippen MR) is 118 cm³/mol. The number of benzene rings is 2. The molecule has 7 heteroatoms. The first-order chi connectivity index (χ1) is 14.0. The molecule has 29 heavy (non-hydrogen) atoms. The van der Waals surface area contributed by atoms with Crippen LogP contribution in [0, 0.1) is 13.8 Å². The number of hydrogen-bond donors (Lipinski definition) is 1. The first-order valence-electron chi connectivity index (χ1n) is 9.16. The van der Waals surface area contributed by atoms with E-state index in [1.807, 2.05) is 32.2 Å². The standard InChI is InChI=1S/C22H22ClN3O2S/c1-14-18(15(2)25-22(24-14)29-3)12-13-21(27)26-16-8-10-17(11-9-16)28-20-7-5-4-6-19(20)23/h4-11H,12-13H2,1-3H3,(H,26,27). The highest BCUT2D eigenvalue weighted by Crippen LogP contribution is 2.29. The Morgan fingerprint density at radius 3 is 2.34 bits per heavy atom. The number of para-hydroxylation sites is 1. The van der Waals surface area contributed by atoms with Crippen LogP contribution in [0.1, 0.15) is 23.4 Å². The molecule has 0 aliphatic rings. The van der Waals surface area contributed by atoms with Crippen molar-refractivity contribution in [3.63, 3.8) is 0 Å². The van der Waals surface area contributed by atoms with E-state index in [1.54, 1.807) is 36.4 Å². The van der Waals surface area contributed by atoms with Gasteiger partial charge in [0.25, 0.3) is 0 Å². The fourth-order valence-corrected chi connectivity index (χ4v) is 3.52. The molecule has 2 aromatic carbocycles. The molecule has 1 aromatic heterocycles. The average Bonchev–Trinajstić information content (AvgIpc) is 2.70. The van der Waals surface area contributed by atoms with Crippen LogP contribution in [0.15, 0.2) is 53.7 Å². The lowest BCUT2D eigenvalue weighted by Crippen LogP contribution is -2.13. The number of carbonyl (C=O) groups is 1. The lowest BCUT2D eigenvalue weighted by molar-refractivity contribution is -0.116. The molecular weight excluding hydrogens is 406 g/mol. The minimum atomic E-state index is -0.0579. The van der Waals surface area contributed by atoms with Crippen LogP contribution in [0.5, 0.6) is 11.5 Å². The van der Waals surface area contributed by atoms with E-state index < -0.39 is 0 Å². The van der Waals surface area contributed by atoms with Crippen molar-refractivity contribution in [2.45, 2.75) is 31.8 Å². The van der Waals surface area contributed by atoms with E-state index in [9.17, 15) is 4.79 Å². The Hall–Kier alpha value is -2.57. The number of thioether (sulfide) groups is 1. The Morgan fingerprint density at radius 1 is 1.07 bits per heavy atom. The van der Waals surface area contributed by atoms with Crippen LogP contribution in [0.4, 0.5) is 5.69 Å². The maximum absolute atomic E-state index is 12.3. The average molecular weight is 428 g/mol. The summed E-state index contributed by atoms with van der Waals surface area (Å²) in [5, 5.41) is 4.21. The number of anilines is 1.